The number of hydrogen-bond acceptors (Lipinski definition) is 5. The third-order valence-electron chi connectivity index (χ3n) is 4.72. The van der Waals surface area contributed by atoms with Gasteiger partial charge in [0.2, 0.25) is 0 Å². The van der Waals surface area contributed by atoms with Crippen LogP contribution in [0.1, 0.15) is 17.2 Å². The van der Waals surface area contributed by atoms with Crippen LogP contribution in [0, 0.1) is 0 Å². The number of ether oxygens (including phenoxy) is 3. The molecule has 0 aliphatic heterocycles. The minimum Gasteiger partial charge on any atom is -0.496 e. The van der Waals surface area contributed by atoms with E-state index in [2.05, 4.69) is 21.3 Å². The molecule has 158 valence electrons. The number of guanidine groups is 1. The van der Waals surface area contributed by atoms with E-state index in [1.807, 2.05) is 50.5 Å². The molecule has 0 aromatic heterocycles. The summed E-state index contributed by atoms with van der Waals surface area (Å²) in [6.45, 7) is 1.20. The summed E-state index contributed by atoms with van der Waals surface area (Å²) in [7, 11) is 8.98. The molecule has 2 aromatic rings. The Morgan fingerprint density at radius 1 is 1.00 bits per heavy atom. The van der Waals surface area contributed by atoms with Crippen molar-refractivity contribution in [3.8, 4) is 17.2 Å². The van der Waals surface area contributed by atoms with Gasteiger partial charge >= 0.3 is 0 Å². The number of nitrogens with two attached hydrogens (primary N) is 1. The SMILES string of the molecule is COc1ccc(CCNC(N)=NCC(c2ccccc2OC)N(C)C)cc1OC. The summed E-state index contributed by atoms with van der Waals surface area (Å²) in [5, 5.41) is 3.18. The number of likely N-dealkylation sites (N-methyl/N-ethyl adjacent to an activating group) is 1. The molecule has 0 radical (unpaired) electrons. The highest BCUT2D eigenvalue weighted by Gasteiger charge is 2.17. The van der Waals surface area contributed by atoms with Crippen molar-refractivity contribution in [3.05, 3.63) is 53.6 Å². The van der Waals surface area contributed by atoms with Gasteiger partial charge < -0.3 is 30.2 Å². The molecule has 29 heavy (non-hydrogen) atoms. The highest BCUT2D eigenvalue weighted by atomic mass is 16.5. The van der Waals surface area contributed by atoms with Gasteiger partial charge in [-0.1, -0.05) is 24.3 Å². The van der Waals surface area contributed by atoms with Crippen molar-refractivity contribution in [1.29, 1.82) is 0 Å². The number of para-hydroxylation sites is 1. The van der Waals surface area contributed by atoms with Crippen molar-refractivity contribution in [2.45, 2.75) is 12.5 Å². The third kappa shape index (κ3) is 6.29. The molecule has 0 saturated carbocycles. The average Bonchev–Trinajstić information content (AvgIpc) is 2.73. The molecular weight excluding hydrogens is 368 g/mol. The summed E-state index contributed by atoms with van der Waals surface area (Å²) in [6, 6.07) is 13.9. The molecule has 2 rings (SSSR count). The molecule has 2 aromatic carbocycles. The van der Waals surface area contributed by atoms with Gasteiger partial charge in [-0.25, -0.2) is 0 Å². The van der Waals surface area contributed by atoms with Crippen LogP contribution in [0.15, 0.2) is 47.5 Å². The molecule has 0 amide bonds. The molecule has 0 aliphatic rings. The minimum atomic E-state index is 0.0670. The Kier molecular flexibility index (Phi) is 8.61. The highest BCUT2D eigenvalue weighted by Crippen LogP contribution is 2.28. The van der Waals surface area contributed by atoms with Gasteiger partial charge in [0.25, 0.3) is 0 Å². The Morgan fingerprint density at radius 2 is 1.69 bits per heavy atom. The van der Waals surface area contributed by atoms with E-state index in [9.17, 15) is 0 Å². The first kappa shape index (κ1) is 22.4. The molecule has 3 N–H and O–H groups in total. The zero-order valence-corrected chi connectivity index (χ0v) is 17.9. The zero-order chi connectivity index (χ0) is 21.2. The number of nitrogens with one attached hydrogen (secondary N) is 1. The number of nitrogens with zero attached hydrogens (tertiary/aromatic N) is 2. The van der Waals surface area contributed by atoms with Crippen molar-refractivity contribution in [2.24, 2.45) is 10.7 Å². The predicted molar refractivity (Wildman–Crippen MR) is 117 cm³/mol. The second-order valence-electron chi connectivity index (χ2n) is 6.81. The van der Waals surface area contributed by atoms with E-state index in [0.717, 1.165) is 34.8 Å². The molecule has 0 fully saturated rings. The maximum atomic E-state index is 6.08. The van der Waals surface area contributed by atoms with Crippen molar-refractivity contribution in [1.82, 2.24) is 10.2 Å². The first-order valence-corrected chi connectivity index (χ1v) is 9.54. The van der Waals surface area contributed by atoms with Crippen LogP contribution in [0.4, 0.5) is 0 Å². The van der Waals surface area contributed by atoms with Gasteiger partial charge in [0.15, 0.2) is 17.5 Å². The fourth-order valence-corrected chi connectivity index (χ4v) is 3.09. The monoisotopic (exact) mass is 400 g/mol. The van der Waals surface area contributed by atoms with Crippen molar-refractivity contribution >= 4 is 5.96 Å². The van der Waals surface area contributed by atoms with E-state index in [1.54, 1.807) is 21.3 Å². The second kappa shape index (κ2) is 11.2. The Hall–Kier alpha value is -2.93. The van der Waals surface area contributed by atoms with Gasteiger partial charge in [0, 0.05) is 12.1 Å². The fraction of sp³-hybridized carbons (Fsp3) is 0.409. The smallest absolute Gasteiger partial charge is 0.188 e. The maximum Gasteiger partial charge on any atom is 0.188 e. The van der Waals surface area contributed by atoms with E-state index >= 15 is 0 Å². The Balaban J connectivity index is 1.95. The number of aliphatic imine (C=N–C) groups is 1. The molecule has 1 unspecified atom stereocenters. The van der Waals surface area contributed by atoms with Crippen molar-refractivity contribution < 1.29 is 14.2 Å². The van der Waals surface area contributed by atoms with Crippen LogP contribution in [0.2, 0.25) is 0 Å². The predicted octanol–water partition coefficient (Wildman–Crippen LogP) is 2.46. The summed E-state index contributed by atoms with van der Waals surface area (Å²) >= 11 is 0. The van der Waals surface area contributed by atoms with Crippen LogP contribution in [-0.2, 0) is 6.42 Å². The van der Waals surface area contributed by atoms with E-state index in [1.165, 1.54) is 0 Å². The standard InChI is InChI=1S/C22H32N4O3/c1-26(2)18(17-8-6-7-9-19(17)27-3)15-25-22(23)24-13-12-16-10-11-20(28-4)21(14-16)29-5/h6-11,14,18H,12-13,15H2,1-5H3,(H3,23,24,25). The van der Waals surface area contributed by atoms with E-state index in [-0.39, 0.29) is 6.04 Å². The molecular formula is C22H32N4O3. The summed E-state index contributed by atoms with van der Waals surface area (Å²) in [6.07, 6.45) is 0.792. The summed E-state index contributed by atoms with van der Waals surface area (Å²) in [5.74, 6) is 2.71. The van der Waals surface area contributed by atoms with Crippen LogP contribution < -0.4 is 25.3 Å². The maximum absolute atomic E-state index is 6.08. The topological polar surface area (TPSA) is 81.3 Å². The van der Waals surface area contributed by atoms with E-state index < -0.39 is 0 Å². The number of hydrogen-bond donors (Lipinski definition) is 2. The van der Waals surface area contributed by atoms with Crippen molar-refractivity contribution in [2.75, 3.05) is 48.5 Å². The largest absolute Gasteiger partial charge is 0.496 e. The van der Waals surface area contributed by atoms with Crippen LogP contribution in [0.3, 0.4) is 0 Å². The van der Waals surface area contributed by atoms with Gasteiger partial charge in [0.05, 0.1) is 33.9 Å². The Bertz CT molecular complexity index is 808. The summed E-state index contributed by atoms with van der Waals surface area (Å²) < 4.78 is 16.1. The Morgan fingerprint density at radius 3 is 2.34 bits per heavy atom. The number of rotatable bonds is 10. The van der Waals surface area contributed by atoms with Gasteiger partial charge in [-0.2, -0.15) is 0 Å². The van der Waals surface area contributed by atoms with Crippen LogP contribution in [0.5, 0.6) is 17.2 Å². The molecule has 0 heterocycles. The lowest BCUT2D eigenvalue weighted by Gasteiger charge is -2.25. The molecule has 0 aliphatic carbocycles. The third-order valence-corrected chi connectivity index (χ3v) is 4.72. The number of benzene rings is 2. The van der Waals surface area contributed by atoms with Gasteiger partial charge in [-0.15, -0.1) is 0 Å². The molecule has 0 bridgehead atoms. The minimum absolute atomic E-state index is 0.0670. The van der Waals surface area contributed by atoms with Gasteiger partial charge in [-0.3, -0.25) is 4.99 Å². The van der Waals surface area contributed by atoms with Crippen molar-refractivity contribution in [3.63, 3.8) is 0 Å². The molecule has 7 nitrogen and oxygen atoms in total. The van der Waals surface area contributed by atoms with Crippen LogP contribution in [0.25, 0.3) is 0 Å². The lowest BCUT2D eigenvalue weighted by atomic mass is 10.0. The summed E-state index contributed by atoms with van der Waals surface area (Å²) in [5.41, 5.74) is 8.29. The lowest BCUT2D eigenvalue weighted by Crippen LogP contribution is -2.34. The van der Waals surface area contributed by atoms with Crippen LogP contribution in [-0.4, -0.2) is 59.4 Å². The molecule has 7 heteroatoms. The molecule has 0 saturated heterocycles. The average molecular weight is 401 g/mol. The van der Waals surface area contributed by atoms with Crippen LogP contribution >= 0.6 is 0 Å². The number of methoxy groups -OCH3 is 3. The fourth-order valence-electron chi connectivity index (χ4n) is 3.09. The normalized spacial score (nSPS) is 12.6. The first-order valence-electron chi connectivity index (χ1n) is 9.54. The van der Waals surface area contributed by atoms with Gasteiger partial charge in [0.1, 0.15) is 5.75 Å². The van der Waals surface area contributed by atoms with E-state index in [0.29, 0.717) is 19.0 Å². The highest BCUT2D eigenvalue weighted by molar-refractivity contribution is 5.77. The lowest BCUT2D eigenvalue weighted by molar-refractivity contribution is 0.295. The first-order chi connectivity index (χ1) is 14.0. The quantitative estimate of drug-likeness (QED) is 0.471. The second-order valence-corrected chi connectivity index (χ2v) is 6.81. The van der Waals surface area contributed by atoms with Gasteiger partial charge in [-0.05, 0) is 44.3 Å². The molecule has 0 spiro atoms. The zero-order valence-electron chi connectivity index (χ0n) is 17.9. The molecule has 1 atom stereocenters. The summed E-state index contributed by atoms with van der Waals surface area (Å²) in [4.78, 5) is 6.64. The van der Waals surface area contributed by atoms with E-state index in [4.69, 9.17) is 19.9 Å². The Labute approximate surface area is 173 Å².